The molecule has 0 saturated heterocycles. The molecule has 0 unspecified atom stereocenters. The molecule has 2 aromatic rings. The zero-order valence-corrected chi connectivity index (χ0v) is 14.2. The quantitative estimate of drug-likeness (QED) is 0.414. The van der Waals surface area contributed by atoms with Gasteiger partial charge in [0.1, 0.15) is 23.3 Å². The molecule has 1 aromatic heterocycles. The van der Waals surface area contributed by atoms with Gasteiger partial charge in [0.25, 0.3) is 0 Å². The van der Waals surface area contributed by atoms with Crippen LogP contribution in [0.4, 0.5) is 21.7 Å². The summed E-state index contributed by atoms with van der Waals surface area (Å²) in [5, 5.41) is 3.22. The fourth-order valence-corrected chi connectivity index (χ4v) is 2.38. The van der Waals surface area contributed by atoms with Gasteiger partial charge in [0.05, 0.1) is 5.69 Å². The Morgan fingerprint density at radius 1 is 1.24 bits per heavy atom. The molecule has 1 aromatic carbocycles. The largest absolute Gasteiger partial charge is 0.339 e. The molecule has 0 fully saturated rings. The predicted molar refractivity (Wildman–Crippen MR) is 91.1 cm³/mol. The molecule has 0 radical (unpaired) electrons. The second-order valence-corrected chi connectivity index (χ2v) is 6.11. The van der Waals surface area contributed by atoms with Crippen LogP contribution in [-0.2, 0) is 0 Å². The first-order valence-electron chi connectivity index (χ1n) is 6.49. The van der Waals surface area contributed by atoms with Crippen molar-refractivity contribution in [3.63, 3.8) is 0 Å². The van der Waals surface area contributed by atoms with E-state index in [9.17, 15) is 4.39 Å². The molecule has 21 heavy (non-hydrogen) atoms. The smallest absolute Gasteiger partial charge is 0.148 e. The summed E-state index contributed by atoms with van der Waals surface area (Å²) in [5.74, 6) is 7.34. The van der Waals surface area contributed by atoms with Gasteiger partial charge >= 0.3 is 0 Å². The lowest BCUT2D eigenvalue weighted by Crippen LogP contribution is -2.14. The normalized spacial score (nSPS) is 10.8. The minimum Gasteiger partial charge on any atom is -0.339 e. The number of halogens is 2. The van der Waals surface area contributed by atoms with Crippen LogP contribution in [0.5, 0.6) is 0 Å². The maximum atomic E-state index is 13.2. The zero-order chi connectivity index (χ0) is 15.6. The lowest BCUT2D eigenvalue weighted by atomic mass is 10.2. The number of nitrogens with zero attached hydrogens (tertiary/aromatic N) is 2. The molecular weight excluding hydrogens is 384 g/mol. The topological polar surface area (TPSA) is 75.9 Å². The van der Waals surface area contributed by atoms with Crippen LogP contribution in [0.15, 0.2) is 18.2 Å². The Morgan fingerprint density at radius 2 is 1.90 bits per heavy atom. The minimum absolute atomic E-state index is 0.172. The van der Waals surface area contributed by atoms with E-state index in [2.05, 4.69) is 43.3 Å². The molecule has 0 aliphatic rings. The van der Waals surface area contributed by atoms with Crippen molar-refractivity contribution in [2.24, 2.45) is 5.84 Å². The number of nitrogen functional groups attached to an aromatic ring is 1. The molecular formula is C14H17FIN5. The third kappa shape index (κ3) is 3.59. The SMILES string of the molecule is Cc1c(NN)nc(C(C)C)nc1Nc1ccc(F)cc1I. The van der Waals surface area contributed by atoms with Gasteiger partial charge in [-0.25, -0.2) is 20.2 Å². The summed E-state index contributed by atoms with van der Waals surface area (Å²) >= 11 is 2.08. The Bertz CT molecular complexity index is 660. The molecule has 7 heteroatoms. The van der Waals surface area contributed by atoms with Gasteiger partial charge in [0.2, 0.25) is 0 Å². The van der Waals surface area contributed by atoms with Gasteiger partial charge < -0.3 is 10.7 Å². The third-order valence-corrected chi connectivity index (χ3v) is 3.89. The van der Waals surface area contributed by atoms with E-state index in [0.29, 0.717) is 17.5 Å². The van der Waals surface area contributed by atoms with Crippen LogP contribution in [0.2, 0.25) is 0 Å². The van der Waals surface area contributed by atoms with Crippen molar-refractivity contribution in [3.05, 3.63) is 39.0 Å². The van der Waals surface area contributed by atoms with Crippen LogP contribution >= 0.6 is 22.6 Å². The van der Waals surface area contributed by atoms with E-state index in [4.69, 9.17) is 5.84 Å². The molecule has 5 nitrogen and oxygen atoms in total. The molecule has 0 bridgehead atoms. The Labute approximate surface area is 136 Å². The summed E-state index contributed by atoms with van der Waals surface area (Å²) in [4.78, 5) is 8.90. The average Bonchev–Trinajstić information content (AvgIpc) is 2.43. The van der Waals surface area contributed by atoms with E-state index in [1.54, 1.807) is 6.07 Å². The minimum atomic E-state index is -0.267. The molecule has 112 valence electrons. The Morgan fingerprint density at radius 3 is 2.48 bits per heavy atom. The standard InChI is InChI=1S/C14H17FIN5/c1-7(2)12-19-13(8(3)14(20-12)21-17)18-11-5-4-9(15)6-10(11)16/h4-7H,17H2,1-3H3,(H2,18,19,20,21). The number of hydrogen-bond acceptors (Lipinski definition) is 5. The van der Waals surface area contributed by atoms with E-state index < -0.39 is 0 Å². The molecule has 0 atom stereocenters. The van der Waals surface area contributed by atoms with E-state index in [-0.39, 0.29) is 11.7 Å². The molecule has 0 aliphatic carbocycles. The lowest BCUT2D eigenvalue weighted by Gasteiger charge is -2.15. The summed E-state index contributed by atoms with van der Waals surface area (Å²) in [6, 6.07) is 4.56. The van der Waals surface area contributed by atoms with Crippen LogP contribution in [-0.4, -0.2) is 9.97 Å². The summed E-state index contributed by atoms with van der Waals surface area (Å²) in [7, 11) is 0. The van der Waals surface area contributed by atoms with Crippen LogP contribution in [0, 0.1) is 16.3 Å². The Kier molecular flexibility index (Phi) is 4.94. The van der Waals surface area contributed by atoms with Gasteiger partial charge in [-0.15, -0.1) is 0 Å². The highest BCUT2D eigenvalue weighted by Crippen LogP contribution is 2.28. The van der Waals surface area contributed by atoms with Crippen LogP contribution < -0.4 is 16.6 Å². The first-order valence-corrected chi connectivity index (χ1v) is 7.57. The number of hydrazine groups is 1. The summed E-state index contributed by atoms with van der Waals surface area (Å²) in [6.45, 7) is 5.89. The fourth-order valence-electron chi connectivity index (χ4n) is 1.77. The summed E-state index contributed by atoms with van der Waals surface area (Å²) in [6.07, 6.45) is 0. The maximum absolute atomic E-state index is 13.2. The highest BCUT2D eigenvalue weighted by molar-refractivity contribution is 14.1. The number of anilines is 3. The second kappa shape index (κ2) is 6.52. The van der Waals surface area contributed by atoms with Gasteiger partial charge in [-0.3, -0.25) is 0 Å². The van der Waals surface area contributed by atoms with E-state index in [1.807, 2.05) is 20.8 Å². The van der Waals surface area contributed by atoms with Gasteiger partial charge in [-0.2, -0.15) is 0 Å². The van der Waals surface area contributed by atoms with E-state index in [0.717, 1.165) is 14.8 Å². The van der Waals surface area contributed by atoms with Crippen molar-refractivity contribution in [1.82, 2.24) is 9.97 Å². The Hall–Kier alpha value is -1.48. The van der Waals surface area contributed by atoms with Gasteiger partial charge in [0.15, 0.2) is 0 Å². The number of nitrogens with two attached hydrogens (primary N) is 1. The molecule has 0 amide bonds. The predicted octanol–water partition coefficient (Wildman–Crippen LogP) is 3.68. The number of benzene rings is 1. The maximum Gasteiger partial charge on any atom is 0.148 e. The molecule has 4 N–H and O–H groups in total. The van der Waals surface area contributed by atoms with Crippen molar-refractivity contribution >= 4 is 39.9 Å². The summed E-state index contributed by atoms with van der Waals surface area (Å²) < 4.78 is 13.9. The van der Waals surface area contributed by atoms with Gasteiger partial charge in [-0.1, -0.05) is 13.8 Å². The highest BCUT2D eigenvalue weighted by Gasteiger charge is 2.13. The Balaban J connectivity index is 2.45. The monoisotopic (exact) mass is 401 g/mol. The van der Waals surface area contributed by atoms with E-state index >= 15 is 0 Å². The van der Waals surface area contributed by atoms with Crippen molar-refractivity contribution in [1.29, 1.82) is 0 Å². The van der Waals surface area contributed by atoms with Crippen LogP contribution in [0.3, 0.4) is 0 Å². The number of nitrogens with one attached hydrogen (secondary N) is 2. The first-order chi connectivity index (χ1) is 9.92. The van der Waals surface area contributed by atoms with Crippen molar-refractivity contribution in [3.8, 4) is 0 Å². The van der Waals surface area contributed by atoms with Crippen molar-refractivity contribution < 1.29 is 4.39 Å². The van der Waals surface area contributed by atoms with E-state index in [1.165, 1.54) is 12.1 Å². The highest BCUT2D eigenvalue weighted by atomic mass is 127. The fraction of sp³-hybridized carbons (Fsp3) is 0.286. The molecule has 0 aliphatic heterocycles. The molecule has 0 spiro atoms. The number of rotatable bonds is 4. The second-order valence-electron chi connectivity index (χ2n) is 4.95. The first kappa shape index (κ1) is 15.9. The lowest BCUT2D eigenvalue weighted by molar-refractivity contribution is 0.627. The third-order valence-electron chi connectivity index (χ3n) is 3.00. The van der Waals surface area contributed by atoms with Crippen molar-refractivity contribution in [2.45, 2.75) is 26.7 Å². The summed E-state index contributed by atoms with van der Waals surface area (Å²) in [5.41, 5.74) is 4.18. The van der Waals surface area contributed by atoms with Crippen molar-refractivity contribution in [2.75, 3.05) is 10.7 Å². The molecule has 2 rings (SSSR count). The molecule has 1 heterocycles. The number of aromatic nitrogens is 2. The van der Waals surface area contributed by atoms with Crippen LogP contribution in [0.1, 0.15) is 31.2 Å². The zero-order valence-electron chi connectivity index (χ0n) is 12.0. The molecule has 0 saturated carbocycles. The van der Waals surface area contributed by atoms with Gasteiger partial charge in [-0.05, 0) is 47.7 Å². The van der Waals surface area contributed by atoms with Gasteiger partial charge in [0, 0.05) is 15.1 Å². The number of hydrogen-bond donors (Lipinski definition) is 3. The average molecular weight is 401 g/mol. The van der Waals surface area contributed by atoms with Crippen LogP contribution in [0.25, 0.3) is 0 Å².